The summed E-state index contributed by atoms with van der Waals surface area (Å²) >= 11 is 5.73. The molecule has 0 amide bonds. The van der Waals surface area contributed by atoms with Crippen molar-refractivity contribution in [3.63, 3.8) is 0 Å². The molecule has 0 aliphatic rings. The number of halogens is 5. The van der Waals surface area contributed by atoms with Gasteiger partial charge in [-0.3, -0.25) is 0 Å². The SMILES string of the molecule is COc1ccc([I+]c2ccc(Cl)cc2)cc1.O=S(=O)([O-])C(F)(F)F. The molecular formula is C14H11ClF3IO4S. The second-order valence-corrected chi connectivity index (χ2v) is 8.93. The van der Waals surface area contributed by atoms with Crippen LogP contribution in [0.25, 0.3) is 0 Å². The first kappa shape index (κ1) is 21.0. The van der Waals surface area contributed by atoms with Crippen LogP contribution in [0.3, 0.4) is 0 Å². The van der Waals surface area contributed by atoms with Crippen LogP contribution in [0.15, 0.2) is 48.5 Å². The zero-order valence-electron chi connectivity index (χ0n) is 12.0. The van der Waals surface area contributed by atoms with Gasteiger partial charge >= 0.3 is 26.7 Å². The Balaban J connectivity index is 0.000000307. The summed E-state index contributed by atoms with van der Waals surface area (Å²) in [6.07, 6.45) is 0. The molecule has 24 heavy (non-hydrogen) atoms. The smallest absolute Gasteiger partial charge is 0.485 e. The second kappa shape index (κ2) is 8.88. The minimum Gasteiger partial charge on any atom is -0.741 e. The highest BCUT2D eigenvalue weighted by Crippen LogP contribution is 2.20. The average Bonchev–Trinajstić information content (AvgIpc) is 2.49. The van der Waals surface area contributed by atoms with Crippen molar-refractivity contribution in [2.75, 3.05) is 7.11 Å². The summed E-state index contributed by atoms with van der Waals surface area (Å²) in [5, 5.41) is 0.794. The fourth-order valence-corrected chi connectivity index (χ4v) is 3.54. The van der Waals surface area contributed by atoms with Gasteiger partial charge in [-0.2, -0.15) is 13.2 Å². The van der Waals surface area contributed by atoms with Gasteiger partial charge in [0.2, 0.25) is 0 Å². The molecule has 0 aliphatic heterocycles. The number of rotatable bonds is 3. The lowest BCUT2D eigenvalue weighted by molar-refractivity contribution is -0.597. The largest absolute Gasteiger partial charge is 0.741 e. The fourth-order valence-electron chi connectivity index (χ4n) is 1.25. The number of hydrogen-bond acceptors (Lipinski definition) is 4. The van der Waals surface area contributed by atoms with Crippen LogP contribution in [0.4, 0.5) is 13.2 Å². The predicted octanol–water partition coefficient (Wildman–Crippen LogP) is 0.528. The molecule has 132 valence electrons. The van der Waals surface area contributed by atoms with Gasteiger partial charge in [-0.1, -0.05) is 11.6 Å². The third kappa shape index (κ3) is 7.24. The van der Waals surface area contributed by atoms with Crippen molar-refractivity contribution in [3.8, 4) is 5.75 Å². The molecule has 0 N–H and O–H groups in total. The quantitative estimate of drug-likeness (QED) is 0.355. The molecular weight excluding hydrogens is 484 g/mol. The zero-order valence-corrected chi connectivity index (χ0v) is 15.8. The van der Waals surface area contributed by atoms with E-state index in [0.29, 0.717) is 0 Å². The van der Waals surface area contributed by atoms with Crippen LogP contribution in [0.1, 0.15) is 0 Å². The Hall–Kier alpha value is -1.04. The Kier molecular flexibility index (Phi) is 7.77. The summed E-state index contributed by atoms with van der Waals surface area (Å²) in [5.74, 6) is 0.906. The van der Waals surface area contributed by atoms with Crippen molar-refractivity contribution in [1.82, 2.24) is 0 Å². The van der Waals surface area contributed by atoms with E-state index in [1.54, 1.807) is 7.11 Å². The average molecular weight is 495 g/mol. The summed E-state index contributed by atoms with van der Waals surface area (Å²) < 4.78 is 66.8. The molecule has 4 nitrogen and oxygen atoms in total. The zero-order chi connectivity index (χ0) is 18.4. The van der Waals surface area contributed by atoms with Gasteiger partial charge < -0.3 is 9.29 Å². The number of methoxy groups -OCH3 is 1. The second-order valence-electron chi connectivity index (χ2n) is 4.09. The van der Waals surface area contributed by atoms with Crippen molar-refractivity contribution in [2.24, 2.45) is 0 Å². The van der Waals surface area contributed by atoms with Gasteiger partial charge in [-0.25, -0.2) is 8.42 Å². The molecule has 0 saturated heterocycles. The lowest BCUT2D eigenvalue weighted by Crippen LogP contribution is -3.61. The molecule has 0 unspecified atom stereocenters. The highest BCUT2D eigenvalue weighted by molar-refractivity contribution is 7.86. The van der Waals surface area contributed by atoms with Gasteiger partial charge in [-0.05, 0) is 48.5 Å². The van der Waals surface area contributed by atoms with E-state index >= 15 is 0 Å². The molecule has 0 atom stereocenters. The first-order valence-corrected chi connectivity index (χ1v) is 10.0. The van der Waals surface area contributed by atoms with Crippen LogP contribution in [0.2, 0.25) is 5.02 Å². The van der Waals surface area contributed by atoms with Crippen molar-refractivity contribution in [1.29, 1.82) is 0 Å². The third-order valence-corrected chi connectivity index (χ3v) is 5.86. The third-order valence-electron chi connectivity index (χ3n) is 2.35. The Morgan fingerprint density at radius 3 is 1.71 bits per heavy atom. The maximum absolute atomic E-state index is 10.7. The van der Waals surface area contributed by atoms with Gasteiger partial charge in [0, 0.05) is 5.02 Å². The van der Waals surface area contributed by atoms with Gasteiger partial charge in [0.1, 0.15) is 5.75 Å². The summed E-state index contributed by atoms with van der Waals surface area (Å²) in [6.45, 7) is 0. The van der Waals surface area contributed by atoms with Gasteiger partial charge in [0.05, 0.1) is 7.11 Å². The van der Waals surface area contributed by atoms with Crippen LogP contribution in [-0.2, 0) is 10.1 Å². The van der Waals surface area contributed by atoms with Crippen LogP contribution in [-0.4, -0.2) is 25.6 Å². The molecule has 0 aliphatic carbocycles. The molecule has 0 aromatic heterocycles. The van der Waals surface area contributed by atoms with E-state index in [1.807, 2.05) is 24.3 Å². The summed E-state index contributed by atoms with van der Waals surface area (Å²) in [4.78, 5) is 0. The van der Waals surface area contributed by atoms with Crippen LogP contribution in [0.5, 0.6) is 5.75 Å². The molecule has 0 radical (unpaired) electrons. The molecule has 2 aromatic rings. The Labute approximate surface area is 152 Å². The molecule has 2 aromatic carbocycles. The molecule has 0 bridgehead atoms. The van der Waals surface area contributed by atoms with E-state index in [-0.39, 0.29) is 21.2 Å². The monoisotopic (exact) mass is 494 g/mol. The summed E-state index contributed by atoms with van der Waals surface area (Å²) in [6, 6.07) is 16.3. The summed E-state index contributed by atoms with van der Waals surface area (Å²) in [5.41, 5.74) is -5.65. The van der Waals surface area contributed by atoms with Gasteiger partial charge in [0.25, 0.3) is 0 Å². The van der Waals surface area contributed by atoms with E-state index in [2.05, 4.69) is 24.3 Å². The van der Waals surface area contributed by atoms with Gasteiger partial charge in [-0.15, -0.1) is 0 Å². The van der Waals surface area contributed by atoms with Crippen LogP contribution in [0, 0.1) is 7.14 Å². The van der Waals surface area contributed by atoms with E-state index in [9.17, 15) is 13.2 Å². The Morgan fingerprint density at radius 1 is 1.00 bits per heavy atom. The van der Waals surface area contributed by atoms with Crippen molar-refractivity contribution in [3.05, 3.63) is 60.7 Å². The van der Waals surface area contributed by atoms with E-state index in [0.717, 1.165) is 10.8 Å². The lowest BCUT2D eigenvalue weighted by atomic mass is 10.3. The number of hydrogen-bond donors (Lipinski definition) is 0. The van der Waals surface area contributed by atoms with Crippen molar-refractivity contribution in [2.45, 2.75) is 5.51 Å². The highest BCUT2D eigenvalue weighted by atomic mass is 127. The number of ether oxygens (including phenoxy) is 1. The van der Waals surface area contributed by atoms with Crippen molar-refractivity contribution >= 4 is 21.7 Å². The van der Waals surface area contributed by atoms with E-state index in [1.165, 1.54) is 7.14 Å². The van der Waals surface area contributed by atoms with E-state index in [4.69, 9.17) is 29.3 Å². The maximum Gasteiger partial charge on any atom is 0.485 e. The predicted molar refractivity (Wildman–Crippen MR) is 77.6 cm³/mol. The summed E-state index contributed by atoms with van der Waals surface area (Å²) in [7, 11) is -4.41. The first-order chi connectivity index (χ1) is 11.0. The first-order valence-electron chi connectivity index (χ1n) is 6.09. The number of benzene rings is 2. The van der Waals surface area contributed by atoms with Crippen LogP contribution < -0.4 is 25.9 Å². The van der Waals surface area contributed by atoms with Crippen LogP contribution >= 0.6 is 11.6 Å². The Bertz CT molecular complexity index is 747. The normalized spacial score (nSPS) is 11.4. The molecule has 0 saturated carbocycles. The molecule has 0 fully saturated rings. The lowest BCUT2D eigenvalue weighted by Gasteiger charge is -2.08. The minimum absolute atomic E-state index is 0.116. The number of alkyl halides is 3. The topological polar surface area (TPSA) is 66.4 Å². The van der Waals surface area contributed by atoms with Crippen molar-refractivity contribution < 1.29 is 52.1 Å². The van der Waals surface area contributed by atoms with E-state index < -0.39 is 15.6 Å². The standard InChI is InChI=1S/C13H11ClIO.CHF3O3S/c1-16-13-8-6-12(7-9-13)15-11-4-2-10(14)3-5-11;2-1(3,4)8(5,6)7/h2-9H,1H3;(H,5,6,7)/q+1;/p-1. The maximum atomic E-state index is 10.7. The molecule has 0 heterocycles. The van der Waals surface area contributed by atoms with Gasteiger partial charge in [0.15, 0.2) is 17.3 Å². The fraction of sp³-hybridized carbons (Fsp3) is 0.143. The minimum atomic E-state index is -6.09. The molecule has 10 heteroatoms. The molecule has 2 rings (SSSR count). The highest BCUT2D eigenvalue weighted by Gasteiger charge is 2.36. The molecule has 0 spiro atoms. The Morgan fingerprint density at radius 2 is 1.38 bits per heavy atom.